The quantitative estimate of drug-likeness (QED) is 0.697. The molecule has 0 aromatic carbocycles. The molecular formula is C15H27NO4. The summed E-state index contributed by atoms with van der Waals surface area (Å²) in [4.78, 5) is 14.1. The molecule has 0 aromatic rings. The number of nitrogens with zero attached hydrogens (tertiary/aromatic N) is 1. The molecule has 2 atom stereocenters. The lowest BCUT2D eigenvalue weighted by Gasteiger charge is -2.32. The molecule has 2 saturated heterocycles. The lowest BCUT2D eigenvalue weighted by Crippen LogP contribution is -2.41. The largest absolute Gasteiger partial charge is 0.466 e. The van der Waals surface area contributed by atoms with E-state index in [2.05, 4.69) is 4.90 Å². The second kappa shape index (κ2) is 8.60. The van der Waals surface area contributed by atoms with Crippen LogP contribution in [0.15, 0.2) is 0 Å². The Balaban J connectivity index is 1.63. The van der Waals surface area contributed by atoms with Crippen molar-refractivity contribution in [3.8, 4) is 0 Å². The van der Waals surface area contributed by atoms with Crippen LogP contribution < -0.4 is 0 Å². The van der Waals surface area contributed by atoms with Crippen LogP contribution in [0.5, 0.6) is 0 Å². The Morgan fingerprint density at radius 1 is 1.30 bits per heavy atom. The molecule has 20 heavy (non-hydrogen) atoms. The van der Waals surface area contributed by atoms with Gasteiger partial charge in [-0.2, -0.15) is 0 Å². The Morgan fingerprint density at radius 2 is 2.20 bits per heavy atom. The lowest BCUT2D eigenvalue weighted by atomic mass is 9.98. The highest BCUT2D eigenvalue weighted by molar-refractivity contribution is 5.72. The molecule has 2 aliphatic rings. The van der Waals surface area contributed by atoms with Crippen LogP contribution >= 0.6 is 0 Å². The summed E-state index contributed by atoms with van der Waals surface area (Å²) in [5.41, 5.74) is 0. The van der Waals surface area contributed by atoms with Gasteiger partial charge in [0.15, 0.2) is 6.29 Å². The first-order valence-electron chi connectivity index (χ1n) is 7.91. The molecule has 0 saturated carbocycles. The zero-order valence-corrected chi connectivity index (χ0v) is 12.5. The summed E-state index contributed by atoms with van der Waals surface area (Å²) in [6.07, 6.45) is 5.33. The van der Waals surface area contributed by atoms with E-state index in [0.29, 0.717) is 13.2 Å². The summed E-state index contributed by atoms with van der Waals surface area (Å²) in [6, 6.07) is 0. The highest BCUT2D eigenvalue weighted by atomic mass is 16.7. The van der Waals surface area contributed by atoms with Gasteiger partial charge in [-0.25, -0.2) is 0 Å². The molecule has 2 rings (SSSR count). The Morgan fingerprint density at radius 3 is 2.95 bits per heavy atom. The Hall–Kier alpha value is -0.650. The maximum Gasteiger partial charge on any atom is 0.310 e. The molecule has 116 valence electrons. The fourth-order valence-electron chi connectivity index (χ4n) is 2.87. The van der Waals surface area contributed by atoms with E-state index in [4.69, 9.17) is 14.2 Å². The molecule has 2 heterocycles. The minimum absolute atomic E-state index is 0.0191. The molecule has 0 amide bonds. The highest BCUT2D eigenvalue weighted by Crippen LogP contribution is 2.18. The summed E-state index contributed by atoms with van der Waals surface area (Å²) in [5, 5.41) is 0. The van der Waals surface area contributed by atoms with Crippen molar-refractivity contribution in [3.05, 3.63) is 0 Å². The molecule has 2 aliphatic heterocycles. The molecule has 0 aliphatic carbocycles. The Bertz CT molecular complexity index is 292. The van der Waals surface area contributed by atoms with Crippen molar-refractivity contribution in [2.45, 2.75) is 45.3 Å². The van der Waals surface area contributed by atoms with Gasteiger partial charge < -0.3 is 19.1 Å². The summed E-state index contributed by atoms with van der Waals surface area (Å²) in [7, 11) is 0. The molecule has 5 nitrogen and oxygen atoms in total. The number of ether oxygens (including phenoxy) is 3. The van der Waals surface area contributed by atoms with Gasteiger partial charge in [0.2, 0.25) is 0 Å². The second-order valence-electron chi connectivity index (χ2n) is 5.56. The zero-order valence-electron chi connectivity index (χ0n) is 12.5. The third-order valence-electron chi connectivity index (χ3n) is 3.97. The van der Waals surface area contributed by atoms with E-state index in [1.54, 1.807) is 0 Å². The van der Waals surface area contributed by atoms with E-state index >= 15 is 0 Å². The van der Waals surface area contributed by atoms with Gasteiger partial charge in [-0.05, 0) is 45.6 Å². The first kappa shape index (κ1) is 15.7. The topological polar surface area (TPSA) is 48.0 Å². The smallest absolute Gasteiger partial charge is 0.310 e. The second-order valence-corrected chi connectivity index (χ2v) is 5.56. The van der Waals surface area contributed by atoms with Gasteiger partial charge in [0.05, 0.1) is 19.1 Å². The lowest BCUT2D eigenvalue weighted by molar-refractivity contribution is -0.165. The van der Waals surface area contributed by atoms with E-state index in [-0.39, 0.29) is 18.2 Å². The van der Waals surface area contributed by atoms with Gasteiger partial charge >= 0.3 is 5.97 Å². The predicted octanol–water partition coefficient (Wildman–Crippen LogP) is 1.80. The van der Waals surface area contributed by atoms with Gasteiger partial charge in [0.1, 0.15) is 0 Å². The van der Waals surface area contributed by atoms with Crippen molar-refractivity contribution < 1.29 is 19.0 Å². The van der Waals surface area contributed by atoms with Gasteiger partial charge in [-0.3, -0.25) is 4.79 Å². The SMILES string of the molecule is CCOC(=O)[C@H]1CCCN(CCOC2CCCCO2)C1. The zero-order chi connectivity index (χ0) is 14.2. The van der Waals surface area contributed by atoms with Crippen LogP contribution in [0, 0.1) is 5.92 Å². The maximum atomic E-state index is 11.8. The molecule has 0 spiro atoms. The monoisotopic (exact) mass is 285 g/mol. The van der Waals surface area contributed by atoms with E-state index in [9.17, 15) is 4.79 Å². The molecule has 0 N–H and O–H groups in total. The van der Waals surface area contributed by atoms with Crippen LogP contribution in [0.2, 0.25) is 0 Å². The third-order valence-corrected chi connectivity index (χ3v) is 3.97. The summed E-state index contributed by atoms with van der Waals surface area (Å²) in [5.74, 6) is -0.0108. The number of rotatable bonds is 6. The van der Waals surface area contributed by atoms with E-state index < -0.39 is 0 Å². The summed E-state index contributed by atoms with van der Waals surface area (Å²) >= 11 is 0. The van der Waals surface area contributed by atoms with Crippen LogP contribution in [0.3, 0.4) is 0 Å². The van der Waals surface area contributed by atoms with Crippen LogP contribution in [0.25, 0.3) is 0 Å². The van der Waals surface area contributed by atoms with Crippen LogP contribution in [0.1, 0.15) is 39.0 Å². The van der Waals surface area contributed by atoms with Gasteiger partial charge in [-0.1, -0.05) is 0 Å². The average Bonchev–Trinajstić information content (AvgIpc) is 2.49. The molecule has 1 unspecified atom stereocenters. The number of carbonyl (C=O) groups is 1. The van der Waals surface area contributed by atoms with Crippen molar-refractivity contribution in [1.82, 2.24) is 4.90 Å². The molecule has 0 bridgehead atoms. The van der Waals surface area contributed by atoms with E-state index in [1.165, 1.54) is 6.42 Å². The number of hydrogen-bond acceptors (Lipinski definition) is 5. The van der Waals surface area contributed by atoms with E-state index in [0.717, 1.165) is 51.9 Å². The van der Waals surface area contributed by atoms with Crippen molar-refractivity contribution in [3.63, 3.8) is 0 Å². The van der Waals surface area contributed by atoms with Gasteiger partial charge in [-0.15, -0.1) is 0 Å². The molecular weight excluding hydrogens is 258 g/mol. The third kappa shape index (κ3) is 5.04. The van der Waals surface area contributed by atoms with E-state index in [1.807, 2.05) is 6.92 Å². The van der Waals surface area contributed by atoms with Crippen LogP contribution in [-0.2, 0) is 19.0 Å². The fraction of sp³-hybridized carbons (Fsp3) is 0.933. The van der Waals surface area contributed by atoms with Crippen molar-refractivity contribution in [2.75, 3.05) is 39.5 Å². The number of piperidine rings is 1. The first-order valence-corrected chi connectivity index (χ1v) is 7.91. The van der Waals surface area contributed by atoms with Crippen LogP contribution in [0.4, 0.5) is 0 Å². The fourth-order valence-corrected chi connectivity index (χ4v) is 2.87. The van der Waals surface area contributed by atoms with Crippen molar-refractivity contribution in [1.29, 1.82) is 0 Å². The highest BCUT2D eigenvalue weighted by Gasteiger charge is 2.26. The van der Waals surface area contributed by atoms with Crippen molar-refractivity contribution in [2.24, 2.45) is 5.92 Å². The molecule has 0 radical (unpaired) electrons. The Kier molecular flexibility index (Phi) is 6.76. The minimum Gasteiger partial charge on any atom is -0.466 e. The molecule has 2 fully saturated rings. The number of hydrogen-bond donors (Lipinski definition) is 0. The summed E-state index contributed by atoms with van der Waals surface area (Å²) in [6.45, 7) is 6.54. The van der Waals surface area contributed by atoms with Gasteiger partial charge in [0.25, 0.3) is 0 Å². The Labute approximate surface area is 121 Å². The number of esters is 1. The first-order chi connectivity index (χ1) is 9.79. The number of likely N-dealkylation sites (tertiary alicyclic amines) is 1. The van der Waals surface area contributed by atoms with Crippen LogP contribution in [-0.4, -0.2) is 56.6 Å². The standard InChI is InChI=1S/C15H27NO4/c1-2-18-15(17)13-6-5-8-16(12-13)9-11-20-14-7-3-4-10-19-14/h13-14H,2-12H2,1H3/t13-,14?/m0/s1. The number of carbonyl (C=O) groups excluding carboxylic acids is 1. The molecule has 0 aromatic heterocycles. The van der Waals surface area contributed by atoms with Gasteiger partial charge in [0, 0.05) is 19.7 Å². The normalized spacial score (nSPS) is 28.2. The predicted molar refractivity (Wildman–Crippen MR) is 75.3 cm³/mol. The molecule has 5 heteroatoms. The summed E-state index contributed by atoms with van der Waals surface area (Å²) < 4.78 is 16.4. The average molecular weight is 285 g/mol. The maximum absolute atomic E-state index is 11.8. The van der Waals surface area contributed by atoms with Crippen molar-refractivity contribution >= 4 is 5.97 Å². The minimum atomic E-state index is -0.0475.